The van der Waals surface area contributed by atoms with Crippen molar-refractivity contribution in [3.8, 4) is 5.75 Å². The van der Waals surface area contributed by atoms with Crippen LogP contribution in [0.4, 0.5) is 0 Å². The summed E-state index contributed by atoms with van der Waals surface area (Å²) in [5.74, 6) is 0.335. The molecule has 96 valence electrons. The molecular formula is C15H25NO. The second kappa shape index (κ2) is 8.13. The number of nitrogens with one attached hydrogen (secondary N) is 1. The number of aromatic hydroxyl groups is 1. The monoisotopic (exact) mass is 235 g/mol. The summed E-state index contributed by atoms with van der Waals surface area (Å²) < 4.78 is 0. The molecule has 1 rings (SSSR count). The van der Waals surface area contributed by atoms with Crippen LogP contribution in [0.2, 0.25) is 0 Å². The van der Waals surface area contributed by atoms with E-state index < -0.39 is 0 Å². The lowest BCUT2D eigenvalue weighted by molar-refractivity contribution is 0.472. The molecule has 0 aliphatic heterocycles. The van der Waals surface area contributed by atoms with Gasteiger partial charge >= 0.3 is 0 Å². The van der Waals surface area contributed by atoms with Crippen LogP contribution in [-0.4, -0.2) is 11.1 Å². The van der Waals surface area contributed by atoms with E-state index >= 15 is 0 Å². The van der Waals surface area contributed by atoms with E-state index in [9.17, 15) is 5.11 Å². The van der Waals surface area contributed by atoms with Crippen LogP contribution in [0, 0.1) is 0 Å². The highest BCUT2D eigenvalue weighted by Gasteiger charge is 2.01. The molecule has 0 saturated carbocycles. The van der Waals surface area contributed by atoms with Gasteiger partial charge in [-0.15, -0.1) is 0 Å². The van der Waals surface area contributed by atoms with Gasteiger partial charge in [-0.1, -0.05) is 44.7 Å². The van der Waals surface area contributed by atoms with Gasteiger partial charge in [-0.2, -0.15) is 0 Å². The van der Waals surface area contributed by atoms with Crippen LogP contribution < -0.4 is 5.32 Å². The number of rotatable bonds is 8. The molecule has 0 aliphatic rings. The molecule has 0 bridgehead atoms. The maximum absolute atomic E-state index is 9.18. The summed E-state index contributed by atoms with van der Waals surface area (Å²) in [7, 11) is 0. The highest BCUT2D eigenvalue weighted by molar-refractivity contribution is 5.25. The predicted octanol–water partition coefficient (Wildman–Crippen LogP) is 3.84. The van der Waals surface area contributed by atoms with E-state index in [1.54, 1.807) is 12.1 Å². The molecule has 0 amide bonds. The molecule has 0 heterocycles. The van der Waals surface area contributed by atoms with Crippen LogP contribution in [0.25, 0.3) is 0 Å². The summed E-state index contributed by atoms with van der Waals surface area (Å²) in [6, 6.07) is 7.98. The minimum Gasteiger partial charge on any atom is -0.508 e. The van der Waals surface area contributed by atoms with Crippen LogP contribution in [-0.2, 0) is 6.54 Å². The number of benzene rings is 1. The Balaban J connectivity index is 2.14. The summed E-state index contributed by atoms with van der Waals surface area (Å²) in [4.78, 5) is 0. The first-order chi connectivity index (χ1) is 8.22. The van der Waals surface area contributed by atoms with Crippen LogP contribution in [0.3, 0.4) is 0 Å². The van der Waals surface area contributed by atoms with Crippen molar-refractivity contribution in [3.63, 3.8) is 0 Å². The third kappa shape index (κ3) is 6.32. The van der Waals surface area contributed by atoms with Crippen molar-refractivity contribution in [1.29, 1.82) is 0 Å². The van der Waals surface area contributed by atoms with E-state index in [1.165, 1.54) is 37.7 Å². The zero-order chi connectivity index (χ0) is 12.5. The number of phenols is 1. The average Bonchev–Trinajstić information content (AvgIpc) is 2.34. The molecule has 2 N–H and O–H groups in total. The minimum atomic E-state index is 0.335. The molecule has 0 radical (unpaired) electrons. The molecule has 1 atom stereocenters. The number of hydrogen-bond donors (Lipinski definition) is 2. The summed E-state index contributed by atoms with van der Waals surface area (Å²) in [5, 5.41) is 12.7. The van der Waals surface area contributed by atoms with Crippen molar-refractivity contribution in [1.82, 2.24) is 5.32 Å². The van der Waals surface area contributed by atoms with Crippen LogP contribution in [0.5, 0.6) is 5.75 Å². The Bertz CT molecular complexity index is 294. The van der Waals surface area contributed by atoms with Gasteiger partial charge in [0.25, 0.3) is 0 Å². The van der Waals surface area contributed by atoms with E-state index in [4.69, 9.17) is 0 Å². The molecule has 0 aliphatic carbocycles. The highest BCUT2D eigenvalue weighted by Crippen LogP contribution is 2.10. The predicted molar refractivity (Wildman–Crippen MR) is 73.2 cm³/mol. The first-order valence-electron chi connectivity index (χ1n) is 6.73. The van der Waals surface area contributed by atoms with Gasteiger partial charge in [-0.25, -0.2) is 0 Å². The van der Waals surface area contributed by atoms with Gasteiger partial charge in [0.2, 0.25) is 0 Å². The summed E-state index contributed by atoms with van der Waals surface area (Å²) in [6.45, 7) is 5.37. The Labute approximate surface area is 105 Å². The van der Waals surface area contributed by atoms with Gasteiger partial charge in [0, 0.05) is 12.6 Å². The van der Waals surface area contributed by atoms with Gasteiger partial charge in [0.1, 0.15) is 5.75 Å². The van der Waals surface area contributed by atoms with Crippen LogP contribution in [0.1, 0.15) is 51.5 Å². The molecule has 1 aromatic carbocycles. The lowest BCUT2D eigenvalue weighted by Crippen LogP contribution is -2.25. The summed E-state index contributed by atoms with van der Waals surface area (Å²) in [6.07, 6.45) is 6.57. The summed E-state index contributed by atoms with van der Waals surface area (Å²) >= 11 is 0. The molecule has 0 aromatic heterocycles. The van der Waals surface area contributed by atoms with E-state index in [2.05, 4.69) is 19.2 Å². The third-order valence-electron chi connectivity index (χ3n) is 3.08. The second-order valence-electron chi connectivity index (χ2n) is 4.80. The maximum Gasteiger partial charge on any atom is 0.115 e. The van der Waals surface area contributed by atoms with Gasteiger partial charge < -0.3 is 10.4 Å². The Morgan fingerprint density at radius 1 is 1.12 bits per heavy atom. The second-order valence-corrected chi connectivity index (χ2v) is 4.80. The van der Waals surface area contributed by atoms with Crippen molar-refractivity contribution < 1.29 is 5.11 Å². The van der Waals surface area contributed by atoms with Gasteiger partial charge in [-0.3, -0.25) is 0 Å². The average molecular weight is 235 g/mol. The van der Waals surface area contributed by atoms with Crippen molar-refractivity contribution in [2.75, 3.05) is 0 Å². The Kier molecular flexibility index (Phi) is 6.71. The summed E-state index contributed by atoms with van der Waals surface area (Å²) in [5.41, 5.74) is 1.23. The SMILES string of the molecule is CCCCCCC(C)NCc1ccc(O)cc1. The molecule has 2 heteroatoms. The zero-order valence-corrected chi connectivity index (χ0v) is 11.1. The maximum atomic E-state index is 9.18. The first kappa shape index (κ1) is 14.0. The van der Waals surface area contributed by atoms with Gasteiger partial charge in [-0.05, 0) is 31.0 Å². The topological polar surface area (TPSA) is 32.3 Å². The molecule has 0 fully saturated rings. The number of hydrogen-bond acceptors (Lipinski definition) is 2. The number of phenolic OH excluding ortho intramolecular Hbond substituents is 1. The molecule has 0 spiro atoms. The highest BCUT2D eigenvalue weighted by atomic mass is 16.3. The fraction of sp³-hybridized carbons (Fsp3) is 0.600. The molecule has 17 heavy (non-hydrogen) atoms. The smallest absolute Gasteiger partial charge is 0.115 e. The molecule has 1 unspecified atom stereocenters. The van der Waals surface area contributed by atoms with Gasteiger partial charge in [0.05, 0.1) is 0 Å². The molecule has 2 nitrogen and oxygen atoms in total. The molecule has 1 aromatic rings. The minimum absolute atomic E-state index is 0.335. The third-order valence-corrected chi connectivity index (χ3v) is 3.08. The quantitative estimate of drug-likeness (QED) is 0.671. The number of unbranched alkanes of at least 4 members (excludes halogenated alkanes) is 3. The van der Waals surface area contributed by atoms with Crippen LogP contribution >= 0.6 is 0 Å². The molecule has 0 saturated heterocycles. The lowest BCUT2D eigenvalue weighted by Gasteiger charge is -2.13. The van der Waals surface area contributed by atoms with E-state index in [0.29, 0.717) is 11.8 Å². The Hall–Kier alpha value is -1.02. The van der Waals surface area contributed by atoms with E-state index in [1.807, 2.05) is 12.1 Å². The van der Waals surface area contributed by atoms with Crippen molar-refractivity contribution in [2.24, 2.45) is 0 Å². The zero-order valence-electron chi connectivity index (χ0n) is 11.1. The standard InChI is InChI=1S/C15H25NO/c1-3-4-5-6-7-13(2)16-12-14-8-10-15(17)11-9-14/h8-11,13,16-17H,3-7,12H2,1-2H3. The Morgan fingerprint density at radius 3 is 2.47 bits per heavy atom. The normalized spacial score (nSPS) is 12.6. The van der Waals surface area contributed by atoms with Gasteiger partial charge in [0.15, 0.2) is 0 Å². The van der Waals surface area contributed by atoms with E-state index in [-0.39, 0.29) is 0 Å². The lowest BCUT2D eigenvalue weighted by atomic mass is 10.1. The fourth-order valence-corrected chi connectivity index (χ4v) is 1.89. The first-order valence-corrected chi connectivity index (χ1v) is 6.73. The largest absolute Gasteiger partial charge is 0.508 e. The van der Waals surface area contributed by atoms with Crippen LogP contribution in [0.15, 0.2) is 24.3 Å². The van der Waals surface area contributed by atoms with Crippen molar-refractivity contribution >= 4 is 0 Å². The van der Waals surface area contributed by atoms with Crippen molar-refractivity contribution in [3.05, 3.63) is 29.8 Å². The Morgan fingerprint density at radius 2 is 1.82 bits per heavy atom. The van der Waals surface area contributed by atoms with Crippen molar-refractivity contribution in [2.45, 2.75) is 58.5 Å². The fourth-order valence-electron chi connectivity index (χ4n) is 1.89. The van der Waals surface area contributed by atoms with E-state index in [0.717, 1.165) is 6.54 Å². The molecular weight excluding hydrogens is 210 g/mol.